The smallest absolute Gasteiger partial charge is 0.303 e. The molecule has 38 heavy (non-hydrogen) atoms. The molecule has 8 nitrogen and oxygen atoms in total. The highest BCUT2D eigenvalue weighted by Gasteiger charge is 2.28. The van der Waals surface area contributed by atoms with Gasteiger partial charge in [-0.05, 0) is 74.1 Å². The number of halogens is 1. The first-order valence-corrected chi connectivity index (χ1v) is 12.9. The van der Waals surface area contributed by atoms with Crippen LogP contribution in [0.3, 0.4) is 0 Å². The number of aryl methyl sites for hydroxylation is 1. The minimum absolute atomic E-state index is 0.0155. The molecule has 2 amide bonds. The molecule has 1 aliphatic heterocycles. The number of nitrogens with one attached hydrogen (secondary N) is 2. The van der Waals surface area contributed by atoms with E-state index in [1.807, 2.05) is 85.7 Å². The second-order valence-corrected chi connectivity index (χ2v) is 10.3. The highest BCUT2D eigenvalue weighted by atomic mass is 79.9. The van der Waals surface area contributed by atoms with Gasteiger partial charge in [-0.25, -0.2) is 0 Å². The predicted octanol–water partition coefficient (Wildman–Crippen LogP) is 4.92. The number of rotatable bonds is 9. The van der Waals surface area contributed by atoms with Crippen LogP contribution in [0.25, 0.3) is 11.3 Å². The van der Waals surface area contributed by atoms with Crippen molar-refractivity contribution in [3.05, 3.63) is 87.9 Å². The van der Waals surface area contributed by atoms with E-state index in [9.17, 15) is 14.4 Å². The van der Waals surface area contributed by atoms with Gasteiger partial charge < -0.3 is 25.5 Å². The van der Waals surface area contributed by atoms with Gasteiger partial charge in [-0.2, -0.15) is 0 Å². The number of anilines is 3. The van der Waals surface area contributed by atoms with Crippen molar-refractivity contribution < 1.29 is 19.5 Å². The van der Waals surface area contributed by atoms with Crippen molar-refractivity contribution >= 4 is 62.0 Å². The minimum atomic E-state index is -0.865. The summed E-state index contributed by atoms with van der Waals surface area (Å²) in [5.74, 6) is -1.12. The number of hydrogen-bond acceptors (Lipinski definition) is 5. The third-order valence-corrected chi connectivity index (χ3v) is 6.66. The summed E-state index contributed by atoms with van der Waals surface area (Å²) in [7, 11) is 5.43. The minimum Gasteiger partial charge on any atom is -0.481 e. The summed E-state index contributed by atoms with van der Waals surface area (Å²) in [5, 5.41) is 15.5. The van der Waals surface area contributed by atoms with Crippen LogP contribution in [0.2, 0.25) is 0 Å². The van der Waals surface area contributed by atoms with E-state index in [4.69, 9.17) is 5.11 Å². The van der Waals surface area contributed by atoms with Gasteiger partial charge in [-0.3, -0.25) is 14.4 Å². The van der Waals surface area contributed by atoms with Crippen molar-refractivity contribution in [2.45, 2.75) is 12.8 Å². The van der Waals surface area contributed by atoms with Gasteiger partial charge in [0.15, 0.2) is 0 Å². The Kier molecular flexibility index (Phi) is 8.29. The van der Waals surface area contributed by atoms with E-state index in [1.165, 1.54) is 0 Å². The topological polar surface area (TPSA) is 102 Å². The zero-order chi connectivity index (χ0) is 27.4. The van der Waals surface area contributed by atoms with E-state index in [0.29, 0.717) is 29.9 Å². The number of carbonyl (C=O) groups excluding carboxylic acids is 2. The first-order chi connectivity index (χ1) is 18.1. The zero-order valence-electron chi connectivity index (χ0n) is 21.4. The molecule has 0 bridgehead atoms. The number of aliphatic carboxylic acids is 1. The van der Waals surface area contributed by atoms with Gasteiger partial charge in [0.1, 0.15) is 0 Å². The van der Waals surface area contributed by atoms with E-state index in [-0.39, 0.29) is 18.2 Å². The first-order valence-electron chi connectivity index (χ1n) is 12.1. The fourth-order valence-corrected chi connectivity index (χ4v) is 4.60. The molecule has 3 aromatic rings. The number of hydrogen-bond donors (Lipinski definition) is 3. The van der Waals surface area contributed by atoms with E-state index in [0.717, 1.165) is 32.5 Å². The lowest BCUT2D eigenvalue weighted by Gasteiger charge is -2.20. The fourth-order valence-electron chi connectivity index (χ4n) is 4.24. The number of likely N-dealkylation sites (N-methyl/N-ethyl adjacent to an activating group) is 2. The molecule has 0 atom stereocenters. The first kappa shape index (κ1) is 27.1. The molecule has 0 unspecified atom stereocenters. The molecule has 4 rings (SSSR count). The molecular weight excluding hydrogens is 548 g/mol. The van der Waals surface area contributed by atoms with E-state index >= 15 is 0 Å². The summed E-state index contributed by atoms with van der Waals surface area (Å²) in [4.78, 5) is 40.2. The van der Waals surface area contributed by atoms with E-state index in [1.54, 1.807) is 11.9 Å². The summed E-state index contributed by atoms with van der Waals surface area (Å²) in [6.45, 7) is 0.301. The number of nitrogens with zero attached hydrogens (tertiary/aromatic N) is 2. The Morgan fingerprint density at radius 1 is 1.00 bits per heavy atom. The summed E-state index contributed by atoms with van der Waals surface area (Å²) in [6, 6.07) is 20.6. The fraction of sp³-hybridized carbons (Fsp3) is 0.207. The molecule has 0 fully saturated rings. The molecule has 9 heteroatoms. The van der Waals surface area contributed by atoms with E-state index < -0.39 is 5.97 Å². The molecule has 196 valence electrons. The highest BCUT2D eigenvalue weighted by molar-refractivity contribution is 9.10. The van der Waals surface area contributed by atoms with Crippen LogP contribution in [0.1, 0.15) is 23.1 Å². The van der Waals surface area contributed by atoms with Gasteiger partial charge >= 0.3 is 5.97 Å². The summed E-state index contributed by atoms with van der Waals surface area (Å²) in [5.41, 5.74) is 5.67. The maximum Gasteiger partial charge on any atom is 0.303 e. The Morgan fingerprint density at radius 3 is 2.42 bits per heavy atom. The second-order valence-electron chi connectivity index (χ2n) is 9.35. The number of fused-ring (bicyclic) bond motifs is 1. The Hall–Kier alpha value is -3.95. The summed E-state index contributed by atoms with van der Waals surface area (Å²) in [6.07, 6.45) is 0.394. The normalized spacial score (nSPS) is 13.7. The molecule has 0 aliphatic carbocycles. The Morgan fingerprint density at radius 2 is 1.74 bits per heavy atom. The predicted molar refractivity (Wildman–Crippen MR) is 154 cm³/mol. The average molecular weight is 577 g/mol. The lowest BCUT2D eigenvalue weighted by Crippen LogP contribution is -2.34. The number of carboxylic acid groups (broad SMARTS) is 1. The van der Waals surface area contributed by atoms with Gasteiger partial charge in [-0.15, -0.1) is 0 Å². The van der Waals surface area contributed by atoms with Crippen molar-refractivity contribution in [3.63, 3.8) is 0 Å². The van der Waals surface area contributed by atoms with Crippen molar-refractivity contribution in [2.75, 3.05) is 43.2 Å². The summed E-state index contributed by atoms with van der Waals surface area (Å²) >= 11 is 3.46. The van der Waals surface area contributed by atoms with Gasteiger partial charge in [0.2, 0.25) is 5.91 Å². The van der Waals surface area contributed by atoms with Crippen molar-refractivity contribution in [2.24, 2.45) is 0 Å². The Bertz CT molecular complexity index is 1420. The molecule has 0 radical (unpaired) electrons. The second kappa shape index (κ2) is 11.6. The van der Waals surface area contributed by atoms with Gasteiger partial charge in [-0.1, -0.05) is 40.2 Å². The third-order valence-electron chi connectivity index (χ3n) is 6.17. The quantitative estimate of drug-likeness (QED) is 0.312. The van der Waals surface area contributed by atoms with Crippen LogP contribution < -0.4 is 15.5 Å². The Labute approximate surface area is 230 Å². The highest BCUT2D eigenvalue weighted by Crippen LogP contribution is 2.39. The molecule has 0 saturated heterocycles. The lowest BCUT2D eigenvalue weighted by atomic mass is 9.97. The van der Waals surface area contributed by atoms with Gasteiger partial charge in [0.05, 0.1) is 23.5 Å². The maximum atomic E-state index is 13.2. The number of amides is 2. The molecule has 0 spiro atoms. The number of carbonyl (C=O) groups is 3. The van der Waals surface area contributed by atoms with Crippen molar-refractivity contribution in [1.29, 1.82) is 0 Å². The maximum absolute atomic E-state index is 13.2. The van der Waals surface area contributed by atoms with Crippen molar-refractivity contribution in [3.8, 4) is 0 Å². The monoisotopic (exact) mass is 576 g/mol. The molecule has 1 heterocycles. The molecular formula is C29H29BrN4O4. The van der Waals surface area contributed by atoms with Crippen LogP contribution in [-0.4, -0.2) is 55.5 Å². The van der Waals surface area contributed by atoms with Crippen LogP contribution in [0.15, 0.2) is 71.2 Å². The van der Waals surface area contributed by atoms with Crippen molar-refractivity contribution in [1.82, 2.24) is 4.90 Å². The molecule has 1 aliphatic rings. The number of carboxylic acids is 1. The van der Waals surface area contributed by atoms with E-state index in [2.05, 4.69) is 26.6 Å². The van der Waals surface area contributed by atoms with Gasteiger partial charge in [0.25, 0.3) is 5.91 Å². The standard InChI is InChI=1S/C29H29BrN4O4/c1-33(2)17-25(35)34(3)22-11-9-21(10-12-22)31-28(19-6-4-5-18(15-19)7-14-26(36)37)27-23-13-8-20(30)16-24(23)32-29(27)38/h4-6,8-13,15-16,31H,7,14,17H2,1-3H3,(H,32,38)(H,36,37). The SMILES string of the molecule is CN(C)CC(=O)N(C)c1ccc(NC(=C2C(=O)Nc3cc(Br)ccc32)c2cccc(CCC(=O)O)c2)cc1. The summed E-state index contributed by atoms with van der Waals surface area (Å²) < 4.78 is 0.853. The zero-order valence-corrected chi connectivity index (χ0v) is 23.0. The Balaban J connectivity index is 1.73. The molecule has 0 saturated carbocycles. The van der Waals surface area contributed by atoms with Gasteiger partial charge in [0, 0.05) is 34.9 Å². The molecule has 3 aromatic carbocycles. The van der Waals surface area contributed by atoms with Crippen LogP contribution in [0.4, 0.5) is 17.1 Å². The largest absolute Gasteiger partial charge is 0.481 e. The third kappa shape index (κ3) is 6.30. The van der Waals surface area contributed by atoms with Crippen LogP contribution in [0, 0.1) is 0 Å². The van der Waals surface area contributed by atoms with Crippen LogP contribution in [-0.2, 0) is 20.8 Å². The molecule has 0 aromatic heterocycles. The average Bonchev–Trinajstić information content (AvgIpc) is 3.20. The van der Waals surface area contributed by atoms with Crippen LogP contribution >= 0.6 is 15.9 Å². The number of benzene rings is 3. The molecule has 3 N–H and O–H groups in total. The van der Waals surface area contributed by atoms with Crippen LogP contribution in [0.5, 0.6) is 0 Å². The lowest BCUT2D eigenvalue weighted by molar-refractivity contribution is -0.137.